The highest BCUT2D eigenvalue weighted by Crippen LogP contribution is 2.76. The van der Waals surface area contributed by atoms with E-state index in [9.17, 15) is 9.59 Å². The molecule has 0 spiro atoms. The molecule has 216 valence electrons. The standard InChI is InChI=1S/C35H52O4/c1-10-21-38-30(37)35-18-13-22(2)23(3)29(35)25-11-12-27-32(7)16-15-28(39-24(4)36)31(5,6)26(32)14-17-34(27,9)33(25,8)19-20-35/h1,11,22-23,26-29H,12-21H2,2-9H3/t22-,23+,26+,27-,28+,29+,32+,33-,34-,35+/m1/s1. The average Bonchev–Trinajstić information content (AvgIpc) is 2.86. The molecule has 4 nitrogen and oxygen atoms in total. The summed E-state index contributed by atoms with van der Waals surface area (Å²) in [6.45, 7) is 18.8. The first kappa shape index (κ1) is 28.8. The van der Waals surface area contributed by atoms with Gasteiger partial charge in [0, 0.05) is 12.3 Å². The predicted octanol–water partition coefficient (Wildman–Crippen LogP) is 7.75. The minimum Gasteiger partial charge on any atom is -0.462 e. The van der Waals surface area contributed by atoms with Crippen LogP contribution in [0.15, 0.2) is 11.6 Å². The van der Waals surface area contributed by atoms with Crippen molar-refractivity contribution in [1.82, 2.24) is 0 Å². The van der Waals surface area contributed by atoms with E-state index in [-0.39, 0.29) is 52.2 Å². The number of carbonyl (C=O) groups is 2. The average molecular weight is 537 g/mol. The molecule has 0 radical (unpaired) electrons. The van der Waals surface area contributed by atoms with Crippen LogP contribution in [0.25, 0.3) is 0 Å². The van der Waals surface area contributed by atoms with Crippen LogP contribution < -0.4 is 0 Å². The van der Waals surface area contributed by atoms with Crippen molar-refractivity contribution in [1.29, 1.82) is 0 Å². The molecule has 10 atom stereocenters. The Morgan fingerprint density at radius 1 is 0.974 bits per heavy atom. The summed E-state index contributed by atoms with van der Waals surface area (Å²) in [5, 5.41) is 0. The Morgan fingerprint density at radius 3 is 2.36 bits per heavy atom. The molecule has 5 aliphatic carbocycles. The number of allylic oxidation sites excluding steroid dienone is 2. The smallest absolute Gasteiger partial charge is 0.313 e. The zero-order chi connectivity index (χ0) is 28.6. The van der Waals surface area contributed by atoms with Crippen LogP contribution in [-0.2, 0) is 19.1 Å². The molecule has 4 fully saturated rings. The van der Waals surface area contributed by atoms with Crippen LogP contribution in [0.5, 0.6) is 0 Å². The van der Waals surface area contributed by atoms with Crippen molar-refractivity contribution in [3.63, 3.8) is 0 Å². The number of hydrogen-bond acceptors (Lipinski definition) is 4. The number of terminal acetylenes is 1. The van der Waals surface area contributed by atoms with E-state index in [1.807, 2.05) is 0 Å². The highest BCUT2D eigenvalue weighted by Gasteiger charge is 2.69. The lowest BCUT2D eigenvalue weighted by Gasteiger charge is -2.71. The molecule has 5 rings (SSSR count). The molecule has 0 saturated heterocycles. The Labute approximate surface area is 237 Å². The maximum atomic E-state index is 13.7. The Morgan fingerprint density at radius 2 is 1.69 bits per heavy atom. The van der Waals surface area contributed by atoms with Crippen molar-refractivity contribution >= 4 is 11.9 Å². The number of ether oxygens (including phenoxy) is 2. The third-order valence-electron chi connectivity index (χ3n) is 13.9. The maximum absolute atomic E-state index is 13.7. The summed E-state index contributed by atoms with van der Waals surface area (Å²) in [6.07, 6.45) is 17.5. The maximum Gasteiger partial charge on any atom is 0.313 e. The summed E-state index contributed by atoms with van der Waals surface area (Å²) in [7, 11) is 0. The zero-order valence-corrected chi connectivity index (χ0v) is 25.8. The third kappa shape index (κ3) is 3.84. The van der Waals surface area contributed by atoms with E-state index in [0.29, 0.717) is 23.7 Å². The van der Waals surface area contributed by atoms with Crippen molar-refractivity contribution in [3.8, 4) is 12.3 Å². The van der Waals surface area contributed by atoms with Crippen LogP contribution in [0.3, 0.4) is 0 Å². The van der Waals surface area contributed by atoms with Gasteiger partial charge in [0.25, 0.3) is 0 Å². The van der Waals surface area contributed by atoms with Crippen LogP contribution in [0.1, 0.15) is 113 Å². The molecule has 0 aromatic heterocycles. The van der Waals surface area contributed by atoms with E-state index >= 15 is 0 Å². The summed E-state index contributed by atoms with van der Waals surface area (Å²) >= 11 is 0. The first-order valence-corrected chi connectivity index (χ1v) is 15.7. The second-order valence-corrected chi connectivity index (χ2v) is 15.5. The fourth-order valence-corrected chi connectivity index (χ4v) is 11.5. The van der Waals surface area contributed by atoms with Gasteiger partial charge in [-0.15, -0.1) is 6.42 Å². The van der Waals surface area contributed by atoms with Crippen molar-refractivity contribution < 1.29 is 19.1 Å². The normalized spacial score (nSPS) is 48.1. The summed E-state index contributed by atoms with van der Waals surface area (Å²) < 4.78 is 11.6. The van der Waals surface area contributed by atoms with Gasteiger partial charge in [0.2, 0.25) is 0 Å². The zero-order valence-electron chi connectivity index (χ0n) is 25.8. The fraction of sp³-hybridized carbons (Fsp3) is 0.829. The van der Waals surface area contributed by atoms with Crippen molar-refractivity contribution in [3.05, 3.63) is 11.6 Å². The number of carbonyl (C=O) groups excluding carboxylic acids is 2. The Bertz CT molecular complexity index is 1100. The van der Waals surface area contributed by atoms with Crippen LogP contribution in [-0.4, -0.2) is 24.6 Å². The van der Waals surface area contributed by atoms with Gasteiger partial charge in [-0.1, -0.05) is 66.0 Å². The molecule has 5 aliphatic rings. The number of esters is 2. The quantitative estimate of drug-likeness (QED) is 0.210. The summed E-state index contributed by atoms with van der Waals surface area (Å²) in [6, 6.07) is 0. The Balaban J connectivity index is 1.55. The number of hydrogen-bond donors (Lipinski definition) is 0. The predicted molar refractivity (Wildman–Crippen MR) is 154 cm³/mol. The number of fused-ring (bicyclic) bond motifs is 7. The monoisotopic (exact) mass is 536 g/mol. The van der Waals surface area contributed by atoms with Gasteiger partial charge >= 0.3 is 11.9 Å². The molecule has 0 unspecified atom stereocenters. The molecule has 0 aliphatic heterocycles. The molecule has 0 aromatic rings. The van der Waals surface area contributed by atoms with Gasteiger partial charge in [0.05, 0.1) is 5.41 Å². The summed E-state index contributed by atoms with van der Waals surface area (Å²) in [4.78, 5) is 25.7. The van der Waals surface area contributed by atoms with E-state index in [1.165, 1.54) is 12.8 Å². The summed E-state index contributed by atoms with van der Waals surface area (Å²) in [5.41, 5.74) is 1.50. The molecule has 4 heteroatoms. The molecule has 0 heterocycles. The van der Waals surface area contributed by atoms with Crippen LogP contribution in [0.2, 0.25) is 0 Å². The minimum absolute atomic E-state index is 0.00314. The fourth-order valence-electron chi connectivity index (χ4n) is 11.5. The largest absolute Gasteiger partial charge is 0.462 e. The lowest BCUT2D eigenvalue weighted by Crippen LogP contribution is -2.65. The van der Waals surface area contributed by atoms with E-state index in [1.54, 1.807) is 12.5 Å². The molecule has 0 amide bonds. The van der Waals surface area contributed by atoms with Gasteiger partial charge in [-0.3, -0.25) is 9.59 Å². The Kier molecular flexibility index (Phi) is 6.92. The molecular weight excluding hydrogens is 484 g/mol. The lowest BCUT2D eigenvalue weighted by atomic mass is 9.33. The van der Waals surface area contributed by atoms with Crippen LogP contribution in [0, 0.1) is 69.0 Å². The molecule has 0 bridgehead atoms. The molecule has 0 aromatic carbocycles. The van der Waals surface area contributed by atoms with Crippen molar-refractivity contribution in [2.75, 3.05) is 6.61 Å². The van der Waals surface area contributed by atoms with Gasteiger partial charge in [-0.05, 0) is 104 Å². The van der Waals surface area contributed by atoms with Gasteiger partial charge in [-0.2, -0.15) is 0 Å². The van der Waals surface area contributed by atoms with Gasteiger partial charge in [-0.25, -0.2) is 0 Å². The summed E-state index contributed by atoms with van der Waals surface area (Å²) in [5.74, 6) is 4.66. The van der Waals surface area contributed by atoms with E-state index in [2.05, 4.69) is 60.5 Å². The first-order valence-electron chi connectivity index (χ1n) is 15.7. The van der Waals surface area contributed by atoms with Crippen molar-refractivity contribution in [2.45, 2.75) is 119 Å². The van der Waals surface area contributed by atoms with Gasteiger partial charge in [0.15, 0.2) is 6.61 Å². The van der Waals surface area contributed by atoms with Gasteiger partial charge in [0.1, 0.15) is 6.10 Å². The first-order chi connectivity index (χ1) is 18.2. The highest BCUT2D eigenvalue weighted by molar-refractivity contribution is 5.79. The van der Waals surface area contributed by atoms with Crippen LogP contribution >= 0.6 is 0 Å². The van der Waals surface area contributed by atoms with E-state index < -0.39 is 5.41 Å². The highest BCUT2D eigenvalue weighted by atomic mass is 16.5. The second kappa shape index (κ2) is 9.39. The van der Waals surface area contributed by atoms with Crippen LogP contribution in [0.4, 0.5) is 0 Å². The number of rotatable bonds is 3. The van der Waals surface area contributed by atoms with E-state index in [0.717, 1.165) is 44.9 Å². The molecule has 4 saturated carbocycles. The molecule has 0 N–H and O–H groups in total. The topological polar surface area (TPSA) is 52.6 Å². The third-order valence-corrected chi connectivity index (χ3v) is 13.9. The van der Waals surface area contributed by atoms with Gasteiger partial charge < -0.3 is 9.47 Å². The molecule has 39 heavy (non-hydrogen) atoms. The van der Waals surface area contributed by atoms with Crippen molar-refractivity contribution in [2.24, 2.45) is 56.7 Å². The SMILES string of the molecule is C#CCOC(=O)[C@]12CC[C@@H](C)[C@H](C)[C@H]1C1=CC[C@@H]3[C@@]4(C)CC[C@H](OC(C)=O)C(C)(C)[C@@H]4CC[C@@]3(C)[C@]1(C)CC2. The Hall–Kier alpha value is -1.76. The van der Waals surface area contributed by atoms with E-state index in [4.69, 9.17) is 15.9 Å². The minimum atomic E-state index is -0.442. The molecular formula is C35H52O4. The lowest BCUT2D eigenvalue weighted by molar-refractivity contribution is -0.214. The second-order valence-electron chi connectivity index (χ2n) is 15.5.